The molecule has 1 amide bonds. The van der Waals surface area contributed by atoms with Crippen molar-refractivity contribution in [2.45, 2.75) is 6.92 Å². The number of hydrogen-bond acceptors (Lipinski definition) is 4. The summed E-state index contributed by atoms with van der Waals surface area (Å²) in [5.74, 6) is -0.949. The first-order valence-corrected chi connectivity index (χ1v) is 6.04. The van der Waals surface area contributed by atoms with Crippen molar-refractivity contribution in [3.05, 3.63) is 51.8 Å². The van der Waals surface area contributed by atoms with Crippen molar-refractivity contribution >= 4 is 34.7 Å². The van der Waals surface area contributed by atoms with Gasteiger partial charge < -0.3 is 15.3 Å². The molecule has 1 rings (SSSR count). The molecule has 7 nitrogen and oxygen atoms in total. The largest absolute Gasteiger partial charge is 0.504 e. The zero-order valence-electron chi connectivity index (χ0n) is 11.3. The molecule has 0 unspecified atom stereocenters. The number of allylic oxidation sites excluding steroid dienone is 1. The van der Waals surface area contributed by atoms with Crippen LogP contribution in [0, 0.1) is 24.5 Å². The normalized spacial score (nSPS) is 11.0. The highest BCUT2D eigenvalue weighted by molar-refractivity contribution is 6.33. The maximum absolute atomic E-state index is 11.1. The molecule has 108 valence electrons. The van der Waals surface area contributed by atoms with Gasteiger partial charge in [0.15, 0.2) is 11.4 Å². The summed E-state index contributed by atoms with van der Waals surface area (Å²) < 4.78 is 0. The topological polar surface area (TPSA) is 94.2 Å². The average Bonchev–Trinajstić information content (AvgIpc) is 2.47. The third-order valence-corrected chi connectivity index (χ3v) is 2.51. The van der Waals surface area contributed by atoms with Crippen LogP contribution in [0.5, 0.6) is 5.75 Å². The molecule has 0 aliphatic heterocycles. The summed E-state index contributed by atoms with van der Waals surface area (Å²) in [5.41, 5.74) is -0.0736. The first-order chi connectivity index (χ1) is 10.4. The number of nitriles is 1. The molecule has 0 aromatic heterocycles. The molecule has 1 aromatic carbocycles. The van der Waals surface area contributed by atoms with Crippen LogP contribution < -0.4 is 5.32 Å². The Kier molecular flexibility index (Phi) is 5.66. The van der Waals surface area contributed by atoms with E-state index in [1.54, 1.807) is 6.07 Å². The standard InChI is InChI=1S/C14H8ClN5O2/c1-8(21)19-12-5-9(4-11(15)14(12)22)20-13(18-3)6-10(7-16)17-2/h4-6,22H,1H3,(H,19,21)/b10-6-,20-13?. The van der Waals surface area contributed by atoms with E-state index in [9.17, 15) is 9.90 Å². The van der Waals surface area contributed by atoms with Gasteiger partial charge in [-0.1, -0.05) is 18.2 Å². The number of hydrogen-bond donors (Lipinski definition) is 2. The number of aliphatic imine (C=N–C) groups is 1. The van der Waals surface area contributed by atoms with Crippen LogP contribution in [0.15, 0.2) is 28.9 Å². The highest BCUT2D eigenvalue weighted by Crippen LogP contribution is 2.36. The van der Waals surface area contributed by atoms with Crippen molar-refractivity contribution in [2.75, 3.05) is 5.32 Å². The second kappa shape index (κ2) is 7.44. The van der Waals surface area contributed by atoms with Crippen LogP contribution in [0.4, 0.5) is 11.4 Å². The lowest BCUT2D eigenvalue weighted by Gasteiger charge is -2.06. The number of carbonyl (C=O) groups is 1. The van der Waals surface area contributed by atoms with Crippen LogP contribution in [0.3, 0.4) is 0 Å². The Morgan fingerprint density at radius 1 is 1.50 bits per heavy atom. The van der Waals surface area contributed by atoms with Gasteiger partial charge in [0, 0.05) is 19.1 Å². The van der Waals surface area contributed by atoms with Gasteiger partial charge >= 0.3 is 0 Å². The lowest BCUT2D eigenvalue weighted by atomic mass is 10.2. The quantitative estimate of drug-likeness (QED) is 0.295. The van der Waals surface area contributed by atoms with Gasteiger partial charge in [0.05, 0.1) is 23.4 Å². The van der Waals surface area contributed by atoms with Gasteiger partial charge in [-0.2, -0.15) is 0 Å². The number of nitrogens with one attached hydrogen (secondary N) is 1. The van der Waals surface area contributed by atoms with Gasteiger partial charge in [-0.05, 0) is 6.08 Å². The third kappa shape index (κ3) is 4.35. The molecule has 0 spiro atoms. The molecule has 0 atom stereocenters. The minimum Gasteiger partial charge on any atom is -0.504 e. The Morgan fingerprint density at radius 3 is 2.68 bits per heavy atom. The number of phenols is 1. The van der Waals surface area contributed by atoms with Gasteiger partial charge in [0.25, 0.3) is 11.5 Å². The van der Waals surface area contributed by atoms with Crippen LogP contribution in [0.1, 0.15) is 6.92 Å². The second-order valence-electron chi connectivity index (χ2n) is 3.84. The van der Waals surface area contributed by atoms with E-state index in [1.165, 1.54) is 19.1 Å². The van der Waals surface area contributed by atoms with Crippen LogP contribution in [-0.2, 0) is 4.79 Å². The number of halogens is 1. The Morgan fingerprint density at radius 2 is 2.18 bits per heavy atom. The summed E-state index contributed by atoms with van der Waals surface area (Å²) in [5, 5.41) is 20.7. The zero-order chi connectivity index (χ0) is 16.7. The Balaban J connectivity index is 3.36. The van der Waals surface area contributed by atoms with E-state index in [0.717, 1.165) is 6.08 Å². The predicted molar refractivity (Wildman–Crippen MR) is 81.4 cm³/mol. The number of benzene rings is 1. The van der Waals surface area contributed by atoms with Gasteiger partial charge in [-0.3, -0.25) is 4.79 Å². The van der Waals surface area contributed by atoms with Gasteiger partial charge in [0.2, 0.25) is 5.91 Å². The number of anilines is 1. The van der Waals surface area contributed by atoms with E-state index < -0.39 is 5.91 Å². The molecular weight excluding hydrogens is 306 g/mol. The first-order valence-electron chi connectivity index (χ1n) is 5.66. The first kappa shape index (κ1) is 16.7. The van der Waals surface area contributed by atoms with E-state index in [4.69, 9.17) is 30.0 Å². The van der Waals surface area contributed by atoms with Crippen LogP contribution >= 0.6 is 11.6 Å². The Bertz CT molecular complexity index is 790. The van der Waals surface area contributed by atoms with Crippen LogP contribution in [0.2, 0.25) is 5.02 Å². The van der Waals surface area contributed by atoms with E-state index in [-0.39, 0.29) is 33.7 Å². The molecule has 0 aliphatic carbocycles. The van der Waals surface area contributed by atoms with E-state index in [0.29, 0.717) is 0 Å². The molecular formula is C14H8ClN5O2. The molecule has 2 N–H and O–H groups in total. The van der Waals surface area contributed by atoms with E-state index in [1.807, 2.05) is 0 Å². The van der Waals surface area contributed by atoms with Gasteiger partial charge in [0.1, 0.15) is 0 Å². The highest BCUT2D eigenvalue weighted by Gasteiger charge is 2.12. The minimum absolute atomic E-state index is 0.0396. The summed E-state index contributed by atoms with van der Waals surface area (Å²) in [6.07, 6.45) is 1.03. The maximum atomic E-state index is 11.1. The number of rotatable bonds is 3. The summed E-state index contributed by atoms with van der Waals surface area (Å²) >= 11 is 5.83. The number of amides is 1. The molecule has 0 fully saturated rings. The van der Waals surface area contributed by atoms with E-state index in [2.05, 4.69) is 20.0 Å². The number of phenolic OH excluding ortho intramolecular Hbond substituents is 1. The van der Waals surface area contributed by atoms with Crippen molar-refractivity contribution < 1.29 is 9.90 Å². The fraction of sp³-hybridized carbons (Fsp3) is 0.0714. The van der Waals surface area contributed by atoms with Gasteiger partial charge in [-0.25, -0.2) is 10.1 Å². The van der Waals surface area contributed by atoms with Gasteiger partial charge in [-0.15, -0.1) is 4.99 Å². The number of amidine groups is 1. The Hall–Kier alpha value is -3.34. The monoisotopic (exact) mass is 313 g/mol. The molecule has 8 heteroatoms. The van der Waals surface area contributed by atoms with Crippen molar-refractivity contribution in [2.24, 2.45) is 4.99 Å². The summed E-state index contributed by atoms with van der Waals surface area (Å²) in [6.45, 7) is 15.0. The predicted octanol–water partition coefficient (Wildman–Crippen LogP) is 3.28. The lowest BCUT2D eigenvalue weighted by molar-refractivity contribution is -0.114. The van der Waals surface area contributed by atoms with Crippen molar-refractivity contribution in [1.29, 1.82) is 5.26 Å². The number of carbonyl (C=O) groups excluding carboxylic acids is 1. The Labute approximate surface area is 131 Å². The number of aromatic hydroxyl groups is 1. The summed E-state index contributed by atoms with van der Waals surface area (Å²) in [7, 11) is 0. The maximum Gasteiger partial charge on any atom is 0.260 e. The number of nitrogens with zero attached hydrogens (tertiary/aromatic N) is 4. The van der Waals surface area contributed by atoms with Crippen LogP contribution in [0.25, 0.3) is 9.69 Å². The smallest absolute Gasteiger partial charge is 0.260 e. The molecule has 1 aromatic rings. The third-order valence-electron chi connectivity index (χ3n) is 2.22. The zero-order valence-corrected chi connectivity index (χ0v) is 12.0. The average molecular weight is 314 g/mol. The van der Waals surface area contributed by atoms with Crippen molar-refractivity contribution in [3.63, 3.8) is 0 Å². The van der Waals surface area contributed by atoms with Crippen molar-refractivity contribution in [3.8, 4) is 11.8 Å². The molecule has 0 saturated carbocycles. The molecule has 22 heavy (non-hydrogen) atoms. The molecule has 0 saturated heterocycles. The SMILES string of the molecule is [C-]#[N+]C(/C=C(/C#N)[N+]#[C-])=Nc1cc(Cl)c(O)c(NC(C)=O)c1. The van der Waals surface area contributed by atoms with Crippen LogP contribution in [-0.4, -0.2) is 16.8 Å². The molecule has 0 radical (unpaired) electrons. The molecule has 0 bridgehead atoms. The summed E-state index contributed by atoms with van der Waals surface area (Å²) in [6, 6.07) is 4.21. The minimum atomic E-state index is -0.419. The fourth-order valence-corrected chi connectivity index (χ4v) is 1.58. The lowest BCUT2D eigenvalue weighted by Crippen LogP contribution is -2.05. The molecule has 0 heterocycles. The summed E-state index contributed by atoms with van der Waals surface area (Å²) in [4.78, 5) is 21.0. The highest BCUT2D eigenvalue weighted by atomic mass is 35.5. The van der Waals surface area contributed by atoms with E-state index >= 15 is 0 Å². The van der Waals surface area contributed by atoms with Crippen molar-refractivity contribution in [1.82, 2.24) is 0 Å². The fourth-order valence-electron chi connectivity index (χ4n) is 1.37. The second-order valence-corrected chi connectivity index (χ2v) is 4.25. The molecule has 0 aliphatic rings.